The van der Waals surface area contributed by atoms with Gasteiger partial charge in [-0.25, -0.2) is 0 Å². The number of rotatable bonds is 5. The standard InChI is InChI=1S/C25H30N2O3.CH2O2/c1-26(2)18-22-17-25(24(29)30-22)12-14-27(15-13-25)23(28)16-19-8-10-21(11-9-19)20-6-4-3-5-7-20;2-1-3/h3-11,22H,12-18H2,1-2H3;1H,(H,2,3). The Kier molecular flexibility index (Phi) is 8.22. The highest BCUT2D eigenvalue weighted by Gasteiger charge is 2.50. The van der Waals surface area contributed by atoms with E-state index in [2.05, 4.69) is 29.2 Å². The fraction of sp³-hybridized carbons (Fsp3) is 0.423. The third kappa shape index (κ3) is 6.20. The van der Waals surface area contributed by atoms with E-state index in [0.717, 1.165) is 24.1 Å². The van der Waals surface area contributed by atoms with Gasteiger partial charge in [-0.1, -0.05) is 54.6 Å². The second-order valence-electron chi connectivity index (χ2n) is 9.00. The number of carbonyl (C=O) groups excluding carboxylic acids is 2. The number of benzene rings is 2. The van der Waals surface area contributed by atoms with Gasteiger partial charge in [-0.2, -0.15) is 0 Å². The Labute approximate surface area is 195 Å². The molecule has 0 aliphatic carbocycles. The van der Waals surface area contributed by atoms with Crippen LogP contribution in [0.4, 0.5) is 0 Å². The second kappa shape index (κ2) is 11.1. The Morgan fingerprint density at radius 1 is 1.09 bits per heavy atom. The number of nitrogens with zero attached hydrogens (tertiary/aromatic N) is 2. The van der Waals surface area contributed by atoms with Crippen molar-refractivity contribution in [2.24, 2.45) is 5.41 Å². The number of esters is 1. The number of cyclic esters (lactones) is 1. The molecule has 1 atom stereocenters. The zero-order valence-electron chi connectivity index (χ0n) is 19.3. The summed E-state index contributed by atoms with van der Waals surface area (Å²) in [6.07, 6.45) is 2.55. The number of hydrogen-bond acceptors (Lipinski definition) is 5. The lowest BCUT2D eigenvalue weighted by atomic mass is 9.76. The predicted octanol–water partition coefficient (Wildman–Crippen LogP) is 3.08. The number of likely N-dealkylation sites (N-methyl/N-ethyl adjacent to an activating group) is 1. The fourth-order valence-electron chi connectivity index (χ4n) is 4.67. The van der Waals surface area contributed by atoms with Crippen LogP contribution in [0.15, 0.2) is 54.6 Å². The van der Waals surface area contributed by atoms with E-state index < -0.39 is 5.41 Å². The molecule has 1 amide bonds. The smallest absolute Gasteiger partial charge is 0.312 e. The third-order valence-electron chi connectivity index (χ3n) is 6.38. The summed E-state index contributed by atoms with van der Waals surface area (Å²) in [6, 6.07) is 18.4. The van der Waals surface area contributed by atoms with Crippen LogP contribution in [0.3, 0.4) is 0 Å². The molecule has 7 nitrogen and oxygen atoms in total. The summed E-state index contributed by atoms with van der Waals surface area (Å²) < 4.78 is 5.62. The first-order valence-electron chi connectivity index (χ1n) is 11.2. The van der Waals surface area contributed by atoms with Crippen molar-refractivity contribution in [3.8, 4) is 11.1 Å². The number of likely N-dealkylation sites (tertiary alicyclic amines) is 1. The highest BCUT2D eigenvalue weighted by molar-refractivity contribution is 5.82. The molecule has 1 unspecified atom stereocenters. The topological polar surface area (TPSA) is 87.2 Å². The molecule has 0 saturated carbocycles. The van der Waals surface area contributed by atoms with Crippen LogP contribution in [-0.4, -0.2) is 73.1 Å². The summed E-state index contributed by atoms with van der Waals surface area (Å²) in [5, 5.41) is 6.89. The van der Waals surface area contributed by atoms with Crippen molar-refractivity contribution in [3.63, 3.8) is 0 Å². The maximum absolute atomic E-state index is 12.8. The molecule has 1 N–H and O–H groups in total. The first-order valence-corrected chi connectivity index (χ1v) is 11.2. The van der Waals surface area contributed by atoms with E-state index >= 15 is 0 Å². The number of amides is 1. The molecular formula is C26H32N2O5. The molecule has 0 bridgehead atoms. The van der Waals surface area contributed by atoms with Crippen LogP contribution in [-0.2, 0) is 25.5 Å². The maximum Gasteiger partial charge on any atom is 0.312 e. The zero-order valence-corrected chi connectivity index (χ0v) is 19.3. The normalized spacial score (nSPS) is 19.1. The van der Waals surface area contributed by atoms with Crippen molar-refractivity contribution < 1.29 is 24.2 Å². The number of carboxylic acid groups (broad SMARTS) is 1. The van der Waals surface area contributed by atoms with E-state index in [0.29, 0.717) is 32.4 Å². The van der Waals surface area contributed by atoms with Gasteiger partial charge in [0.05, 0.1) is 11.8 Å². The van der Waals surface area contributed by atoms with Crippen molar-refractivity contribution >= 4 is 18.3 Å². The summed E-state index contributed by atoms with van der Waals surface area (Å²) in [5.74, 6) is 0.0615. The van der Waals surface area contributed by atoms with Crippen LogP contribution in [0, 0.1) is 5.41 Å². The lowest BCUT2D eigenvalue weighted by Gasteiger charge is -2.36. The minimum Gasteiger partial charge on any atom is -0.483 e. The van der Waals surface area contributed by atoms with Crippen LogP contribution in [0.2, 0.25) is 0 Å². The molecule has 2 fully saturated rings. The minimum atomic E-state index is -0.394. The van der Waals surface area contributed by atoms with E-state index in [-0.39, 0.29) is 24.5 Å². The van der Waals surface area contributed by atoms with Crippen molar-refractivity contribution in [3.05, 3.63) is 60.2 Å². The van der Waals surface area contributed by atoms with E-state index in [1.807, 2.05) is 49.3 Å². The minimum absolute atomic E-state index is 0.0297. The lowest BCUT2D eigenvalue weighted by molar-refractivity contribution is -0.152. The Morgan fingerprint density at radius 2 is 1.67 bits per heavy atom. The van der Waals surface area contributed by atoms with Crippen molar-refractivity contribution in [2.75, 3.05) is 33.7 Å². The van der Waals surface area contributed by atoms with Gasteiger partial charge in [0.25, 0.3) is 6.47 Å². The summed E-state index contributed by atoms with van der Waals surface area (Å²) in [5.41, 5.74) is 2.95. The summed E-state index contributed by atoms with van der Waals surface area (Å²) in [6.45, 7) is 1.77. The molecule has 4 rings (SSSR count). The van der Waals surface area contributed by atoms with E-state index in [9.17, 15) is 9.59 Å². The van der Waals surface area contributed by atoms with Crippen LogP contribution in [0.1, 0.15) is 24.8 Å². The van der Waals surface area contributed by atoms with Gasteiger partial charge in [-0.3, -0.25) is 14.4 Å². The van der Waals surface area contributed by atoms with Gasteiger partial charge < -0.3 is 19.6 Å². The Balaban J connectivity index is 0.000000968. The number of carbonyl (C=O) groups is 3. The highest BCUT2D eigenvalue weighted by Crippen LogP contribution is 2.43. The van der Waals surface area contributed by atoms with Crippen LogP contribution >= 0.6 is 0 Å². The summed E-state index contributed by atoms with van der Waals surface area (Å²) in [4.78, 5) is 37.7. The van der Waals surface area contributed by atoms with Crippen LogP contribution < -0.4 is 0 Å². The van der Waals surface area contributed by atoms with Crippen molar-refractivity contribution in [1.82, 2.24) is 9.80 Å². The Bertz CT molecular complexity index is 935. The van der Waals surface area contributed by atoms with Gasteiger partial charge in [-0.05, 0) is 43.6 Å². The van der Waals surface area contributed by atoms with Gasteiger partial charge in [0.2, 0.25) is 5.91 Å². The molecule has 1 spiro atoms. The van der Waals surface area contributed by atoms with E-state index in [4.69, 9.17) is 14.6 Å². The quantitative estimate of drug-likeness (QED) is 0.554. The average molecular weight is 453 g/mol. The van der Waals surface area contributed by atoms with E-state index in [1.165, 1.54) is 5.56 Å². The maximum atomic E-state index is 12.8. The van der Waals surface area contributed by atoms with Crippen LogP contribution in [0.5, 0.6) is 0 Å². The molecule has 2 saturated heterocycles. The Hall–Kier alpha value is -3.19. The molecule has 33 heavy (non-hydrogen) atoms. The molecular weight excluding hydrogens is 420 g/mol. The monoisotopic (exact) mass is 452 g/mol. The first-order chi connectivity index (χ1) is 15.9. The molecule has 0 radical (unpaired) electrons. The molecule has 176 valence electrons. The molecule has 2 heterocycles. The molecule has 2 aliphatic rings. The SMILES string of the molecule is CN(C)CC1CC2(CCN(C(=O)Cc3ccc(-c4ccccc4)cc3)CC2)C(=O)O1.O=CO. The van der Waals surface area contributed by atoms with Crippen molar-refractivity contribution in [1.29, 1.82) is 0 Å². The van der Waals surface area contributed by atoms with Crippen LogP contribution in [0.25, 0.3) is 11.1 Å². The van der Waals surface area contributed by atoms with Gasteiger partial charge in [0.1, 0.15) is 6.10 Å². The number of ether oxygens (including phenoxy) is 1. The second-order valence-corrected chi connectivity index (χ2v) is 9.00. The number of piperidine rings is 1. The molecule has 2 aromatic carbocycles. The van der Waals surface area contributed by atoms with Gasteiger partial charge in [0, 0.05) is 26.1 Å². The lowest BCUT2D eigenvalue weighted by Crippen LogP contribution is -2.45. The zero-order chi connectivity index (χ0) is 23.8. The van der Waals surface area contributed by atoms with Gasteiger partial charge in [-0.15, -0.1) is 0 Å². The van der Waals surface area contributed by atoms with Gasteiger partial charge in [0.15, 0.2) is 0 Å². The largest absolute Gasteiger partial charge is 0.483 e. The summed E-state index contributed by atoms with van der Waals surface area (Å²) in [7, 11) is 3.99. The fourth-order valence-corrected chi connectivity index (χ4v) is 4.67. The molecule has 2 aromatic rings. The molecule has 0 aromatic heterocycles. The first kappa shape index (κ1) is 24.5. The third-order valence-corrected chi connectivity index (χ3v) is 6.38. The number of hydrogen-bond donors (Lipinski definition) is 1. The predicted molar refractivity (Wildman–Crippen MR) is 126 cm³/mol. The van der Waals surface area contributed by atoms with Crippen molar-refractivity contribution in [2.45, 2.75) is 31.8 Å². The Morgan fingerprint density at radius 3 is 2.24 bits per heavy atom. The van der Waals surface area contributed by atoms with Gasteiger partial charge >= 0.3 is 5.97 Å². The molecule has 2 aliphatic heterocycles. The highest BCUT2D eigenvalue weighted by atomic mass is 16.6. The van der Waals surface area contributed by atoms with E-state index in [1.54, 1.807) is 0 Å². The summed E-state index contributed by atoms with van der Waals surface area (Å²) >= 11 is 0. The average Bonchev–Trinajstić information content (AvgIpc) is 3.09. The molecule has 7 heteroatoms.